The molecule has 0 aliphatic carbocycles. The molecule has 0 fully saturated rings. The number of H-pyrrole nitrogens is 1. The molecule has 1 N–H and O–H groups in total. The SMILES string of the molecule is O=c1ccc2nnnn2[nH]1.[Na+]. The van der Waals surface area contributed by atoms with Crippen molar-refractivity contribution in [2.75, 3.05) is 0 Å². The van der Waals surface area contributed by atoms with Crippen molar-refractivity contribution in [1.29, 1.82) is 0 Å². The van der Waals surface area contributed by atoms with Gasteiger partial charge in [-0.25, -0.2) is 5.10 Å². The third-order valence-corrected chi connectivity index (χ3v) is 1.09. The fourth-order valence-electron chi connectivity index (χ4n) is 0.669. The van der Waals surface area contributed by atoms with Crippen molar-refractivity contribution in [2.24, 2.45) is 0 Å². The molecule has 0 spiro atoms. The molecule has 0 unspecified atom stereocenters. The Bertz CT molecular complexity index is 406. The fraction of sp³-hybridized carbons (Fsp3) is 0. The Balaban J connectivity index is 0.000000605. The third-order valence-electron chi connectivity index (χ3n) is 1.09. The third kappa shape index (κ3) is 1.47. The number of fused-ring (bicyclic) bond motifs is 1. The van der Waals surface area contributed by atoms with Crippen LogP contribution >= 0.6 is 0 Å². The van der Waals surface area contributed by atoms with E-state index in [0.717, 1.165) is 0 Å². The van der Waals surface area contributed by atoms with Gasteiger partial charge in [-0.2, -0.15) is 0 Å². The molecular weight excluding hydrogens is 157 g/mol. The van der Waals surface area contributed by atoms with E-state index in [2.05, 4.69) is 20.6 Å². The molecule has 2 aromatic heterocycles. The molecule has 50 valence electrons. The minimum absolute atomic E-state index is 0. The van der Waals surface area contributed by atoms with Gasteiger partial charge < -0.3 is 0 Å². The van der Waals surface area contributed by atoms with Crippen LogP contribution in [0.2, 0.25) is 0 Å². The Morgan fingerprint density at radius 1 is 1.45 bits per heavy atom. The van der Waals surface area contributed by atoms with Gasteiger partial charge in [0.05, 0.1) is 0 Å². The summed E-state index contributed by atoms with van der Waals surface area (Å²) in [5.41, 5.74) is 0.305. The molecule has 0 saturated carbocycles. The minimum atomic E-state index is -0.222. The van der Waals surface area contributed by atoms with Gasteiger partial charge in [0.25, 0.3) is 5.56 Å². The first-order valence-corrected chi connectivity index (χ1v) is 2.64. The maximum absolute atomic E-state index is 10.6. The Hall–Kier alpha value is -0.720. The molecular formula is C4H3N5NaO+. The summed E-state index contributed by atoms with van der Waals surface area (Å²) in [6.07, 6.45) is 0. The Labute approximate surface area is 82.9 Å². The normalized spacial score (nSPS) is 9.45. The van der Waals surface area contributed by atoms with E-state index in [4.69, 9.17) is 0 Å². The number of hydrogen-bond acceptors (Lipinski definition) is 4. The average Bonchev–Trinajstić information content (AvgIpc) is 2.33. The standard InChI is InChI=1S/C4H3N5O.Na/c10-4-2-1-3-5-7-8-9(3)6-4;/h1-2H,(H,6,10);/q;+1. The molecule has 0 aromatic carbocycles. The van der Waals surface area contributed by atoms with Crippen LogP contribution in [0.5, 0.6) is 0 Å². The smallest absolute Gasteiger partial charge is 0.268 e. The summed E-state index contributed by atoms with van der Waals surface area (Å²) < 4.78 is 1.21. The van der Waals surface area contributed by atoms with Gasteiger partial charge in [0.1, 0.15) is 0 Å². The van der Waals surface area contributed by atoms with E-state index >= 15 is 0 Å². The second-order valence-electron chi connectivity index (χ2n) is 1.76. The second-order valence-corrected chi connectivity index (χ2v) is 1.76. The van der Waals surface area contributed by atoms with Gasteiger partial charge in [0.15, 0.2) is 5.65 Å². The van der Waals surface area contributed by atoms with Gasteiger partial charge in [-0.1, -0.05) is 0 Å². The molecule has 2 heterocycles. The van der Waals surface area contributed by atoms with Crippen LogP contribution in [0.15, 0.2) is 16.9 Å². The number of nitrogens with one attached hydrogen (secondary N) is 1. The molecule has 0 atom stereocenters. The van der Waals surface area contributed by atoms with E-state index in [1.807, 2.05) is 0 Å². The number of aromatic amines is 1. The van der Waals surface area contributed by atoms with Gasteiger partial charge in [0, 0.05) is 6.07 Å². The van der Waals surface area contributed by atoms with Gasteiger partial charge in [-0.05, 0) is 16.5 Å². The summed E-state index contributed by atoms with van der Waals surface area (Å²) in [7, 11) is 0. The van der Waals surface area contributed by atoms with Crippen LogP contribution in [-0.2, 0) is 0 Å². The second kappa shape index (κ2) is 3.12. The first-order valence-electron chi connectivity index (χ1n) is 2.64. The Morgan fingerprint density at radius 3 is 3.09 bits per heavy atom. The van der Waals surface area contributed by atoms with Crippen LogP contribution in [-0.4, -0.2) is 25.3 Å². The maximum atomic E-state index is 10.6. The van der Waals surface area contributed by atoms with E-state index in [-0.39, 0.29) is 35.1 Å². The zero-order valence-corrected chi connectivity index (χ0v) is 7.85. The van der Waals surface area contributed by atoms with Gasteiger partial charge in [0.2, 0.25) is 0 Å². The van der Waals surface area contributed by atoms with Gasteiger partial charge in [-0.15, -0.1) is 9.73 Å². The topological polar surface area (TPSA) is 75.9 Å². The Kier molecular flexibility index (Phi) is 2.38. The zero-order valence-electron chi connectivity index (χ0n) is 5.85. The van der Waals surface area contributed by atoms with Crippen molar-refractivity contribution in [3.8, 4) is 0 Å². The summed E-state index contributed by atoms with van der Waals surface area (Å²) in [5, 5.41) is 12.8. The molecule has 2 rings (SSSR count). The summed E-state index contributed by atoms with van der Waals surface area (Å²) in [6, 6.07) is 2.91. The minimum Gasteiger partial charge on any atom is -0.268 e. The molecule has 0 aliphatic rings. The summed E-state index contributed by atoms with van der Waals surface area (Å²) in [6.45, 7) is 0. The quantitative estimate of drug-likeness (QED) is 0.396. The van der Waals surface area contributed by atoms with E-state index in [1.165, 1.54) is 10.7 Å². The van der Waals surface area contributed by atoms with Crippen LogP contribution in [0, 0.1) is 0 Å². The summed E-state index contributed by atoms with van der Waals surface area (Å²) >= 11 is 0. The number of aromatic nitrogens is 5. The van der Waals surface area contributed by atoms with Crippen molar-refractivity contribution in [3.63, 3.8) is 0 Å². The number of nitrogens with zero attached hydrogens (tertiary/aromatic N) is 4. The zero-order chi connectivity index (χ0) is 6.97. The molecule has 0 bridgehead atoms. The van der Waals surface area contributed by atoms with Crippen molar-refractivity contribution in [3.05, 3.63) is 22.5 Å². The van der Waals surface area contributed by atoms with Crippen LogP contribution in [0.25, 0.3) is 5.65 Å². The summed E-state index contributed by atoms with van der Waals surface area (Å²) in [4.78, 5) is 10.6. The van der Waals surface area contributed by atoms with Gasteiger partial charge >= 0.3 is 29.6 Å². The molecule has 2 aromatic rings. The van der Waals surface area contributed by atoms with Crippen LogP contribution in [0.4, 0.5) is 0 Å². The fourth-order valence-corrected chi connectivity index (χ4v) is 0.669. The predicted octanol–water partition coefficient (Wildman–Crippen LogP) is -4.18. The van der Waals surface area contributed by atoms with Gasteiger partial charge in [-0.3, -0.25) is 4.79 Å². The predicted molar refractivity (Wildman–Crippen MR) is 31.4 cm³/mol. The molecule has 0 radical (unpaired) electrons. The molecule has 0 saturated heterocycles. The monoisotopic (exact) mass is 160 g/mol. The number of tetrazole rings is 1. The van der Waals surface area contributed by atoms with Crippen molar-refractivity contribution < 1.29 is 29.6 Å². The molecule has 7 heteroatoms. The van der Waals surface area contributed by atoms with Crippen LogP contribution < -0.4 is 35.1 Å². The van der Waals surface area contributed by atoms with E-state index < -0.39 is 0 Å². The molecule has 11 heavy (non-hydrogen) atoms. The molecule has 0 amide bonds. The first-order chi connectivity index (χ1) is 4.86. The maximum Gasteiger partial charge on any atom is 1.00 e. The van der Waals surface area contributed by atoms with E-state index in [0.29, 0.717) is 5.65 Å². The van der Waals surface area contributed by atoms with Crippen molar-refractivity contribution in [2.45, 2.75) is 0 Å². The molecule has 6 nitrogen and oxygen atoms in total. The Morgan fingerprint density at radius 2 is 2.27 bits per heavy atom. The largest absolute Gasteiger partial charge is 1.00 e. The average molecular weight is 160 g/mol. The van der Waals surface area contributed by atoms with E-state index in [9.17, 15) is 4.79 Å². The van der Waals surface area contributed by atoms with Crippen molar-refractivity contribution in [1.82, 2.24) is 25.3 Å². The molecule has 0 aliphatic heterocycles. The van der Waals surface area contributed by atoms with E-state index in [1.54, 1.807) is 6.07 Å². The first kappa shape index (κ1) is 8.38. The summed E-state index contributed by atoms with van der Waals surface area (Å²) in [5.74, 6) is 0. The van der Waals surface area contributed by atoms with Crippen molar-refractivity contribution >= 4 is 5.65 Å². The number of hydrogen-bond donors (Lipinski definition) is 1. The van der Waals surface area contributed by atoms with Crippen LogP contribution in [0.3, 0.4) is 0 Å². The van der Waals surface area contributed by atoms with Crippen LogP contribution in [0.1, 0.15) is 0 Å². The number of rotatable bonds is 0.